The highest BCUT2D eigenvalue weighted by atomic mass is 31.2. The third-order valence-corrected chi connectivity index (χ3v) is 10.6. The molecule has 4 N–H and O–H groups in total. The molecule has 0 aromatic carbocycles. The van der Waals surface area contributed by atoms with E-state index in [2.05, 4.69) is 13.8 Å². The molecular formula is C41H82NO9P. The Balaban J connectivity index is 4.19. The Hall–Kier alpha value is -1.03. The van der Waals surface area contributed by atoms with Crippen molar-refractivity contribution in [2.45, 2.75) is 225 Å². The second-order valence-electron chi connectivity index (χ2n) is 14.8. The van der Waals surface area contributed by atoms with Crippen LogP contribution in [0, 0.1) is 0 Å². The Morgan fingerprint density at radius 2 is 0.885 bits per heavy atom. The van der Waals surface area contributed by atoms with Crippen LogP contribution in [0.3, 0.4) is 0 Å². The number of rotatable bonds is 42. The summed E-state index contributed by atoms with van der Waals surface area (Å²) in [5.74, 6) is -1.77. The van der Waals surface area contributed by atoms with Gasteiger partial charge in [0.15, 0.2) is 0 Å². The van der Waals surface area contributed by atoms with Crippen molar-refractivity contribution < 1.29 is 42.7 Å². The Labute approximate surface area is 319 Å². The fourth-order valence-corrected chi connectivity index (χ4v) is 7.03. The van der Waals surface area contributed by atoms with Gasteiger partial charge in [-0.25, -0.2) is 4.57 Å². The van der Waals surface area contributed by atoms with Crippen LogP contribution in [0.5, 0.6) is 0 Å². The fraction of sp³-hybridized carbons (Fsp3) is 0.951. The number of ether oxygens (including phenoxy) is 2. The number of carbonyl (C=O) groups is 2. The molecule has 0 rings (SSSR count). The summed E-state index contributed by atoms with van der Waals surface area (Å²) in [4.78, 5) is 33.5. The average Bonchev–Trinajstić information content (AvgIpc) is 3.12. The van der Waals surface area contributed by atoms with Crippen LogP contribution in [-0.4, -0.2) is 60.5 Å². The number of nitrogens with two attached hydrogens (primary N) is 1. The first-order valence-electron chi connectivity index (χ1n) is 21.6. The second kappa shape index (κ2) is 38.3. The lowest BCUT2D eigenvalue weighted by molar-refractivity contribution is -0.154. The van der Waals surface area contributed by atoms with Crippen molar-refractivity contribution in [3.05, 3.63) is 0 Å². The first-order chi connectivity index (χ1) is 25.2. The van der Waals surface area contributed by atoms with Gasteiger partial charge in [-0.05, 0) is 12.8 Å². The van der Waals surface area contributed by atoms with Crippen LogP contribution in [0.25, 0.3) is 0 Å². The SMILES string of the molecule is CCCCCCCCCCCCCCCCCCOCC(COP(=O)(O)OCC(N)C(=O)O)OC(=O)CCCCCCCCCCCCCCCC. The van der Waals surface area contributed by atoms with E-state index in [0.29, 0.717) is 6.61 Å². The van der Waals surface area contributed by atoms with Gasteiger partial charge in [0.05, 0.1) is 19.8 Å². The van der Waals surface area contributed by atoms with Gasteiger partial charge in [-0.3, -0.25) is 18.6 Å². The van der Waals surface area contributed by atoms with Gasteiger partial charge >= 0.3 is 19.8 Å². The van der Waals surface area contributed by atoms with Crippen molar-refractivity contribution >= 4 is 19.8 Å². The zero-order chi connectivity index (χ0) is 38.4. The molecule has 310 valence electrons. The Morgan fingerprint density at radius 1 is 0.538 bits per heavy atom. The molecule has 0 aliphatic carbocycles. The Bertz CT molecular complexity index is 847. The first-order valence-corrected chi connectivity index (χ1v) is 23.1. The van der Waals surface area contributed by atoms with Gasteiger partial charge in [-0.2, -0.15) is 0 Å². The molecule has 0 aromatic heterocycles. The summed E-state index contributed by atoms with van der Waals surface area (Å²) in [6.07, 6.45) is 37.2. The number of hydrogen-bond acceptors (Lipinski definition) is 8. The van der Waals surface area contributed by atoms with E-state index >= 15 is 0 Å². The Morgan fingerprint density at radius 3 is 1.27 bits per heavy atom. The predicted octanol–water partition coefficient (Wildman–Crippen LogP) is 11.6. The maximum Gasteiger partial charge on any atom is 0.472 e. The van der Waals surface area contributed by atoms with Crippen molar-refractivity contribution in [2.24, 2.45) is 5.73 Å². The number of hydrogen-bond donors (Lipinski definition) is 3. The summed E-state index contributed by atoms with van der Waals surface area (Å²) in [6.45, 7) is 3.92. The van der Waals surface area contributed by atoms with Crippen LogP contribution in [0.15, 0.2) is 0 Å². The van der Waals surface area contributed by atoms with Gasteiger partial charge in [0.25, 0.3) is 0 Å². The lowest BCUT2D eigenvalue weighted by Gasteiger charge is -2.20. The quantitative estimate of drug-likeness (QED) is 0.0311. The van der Waals surface area contributed by atoms with Gasteiger partial charge in [-0.15, -0.1) is 0 Å². The smallest absolute Gasteiger partial charge is 0.472 e. The Kier molecular flexibility index (Phi) is 37.5. The molecule has 0 spiro atoms. The van der Waals surface area contributed by atoms with Gasteiger partial charge in [0.2, 0.25) is 0 Å². The minimum absolute atomic E-state index is 0.0257. The number of phosphoric ester groups is 1. The van der Waals surface area contributed by atoms with Gasteiger partial charge in [0, 0.05) is 13.0 Å². The number of aliphatic carboxylic acids is 1. The number of phosphoric acid groups is 1. The number of esters is 1. The van der Waals surface area contributed by atoms with Crippen LogP contribution in [0.1, 0.15) is 213 Å². The molecule has 0 aromatic rings. The maximum atomic E-state index is 12.6. The molecule has 10 nitrogen and oxygen atoms in total. The van der Waals surface area contributed by atoms with Crippen LogP contribution < -0.4 is 5.73 Å². The first kappa shape index (κ1) is 51.0. The lowest BCUT2D eigenvalue weighted by atomic mass is 10.0. The van der Waals surface area contributed by atoms with Gasteiger partial charge < -0.3 is 25.2 Å². The molecule has 0 radical (unpaired) electrons. The molecule has 3 unspecified atom stereocenters. The number of carboxylic acids is 1. The van der Waals surface area contributed by atoms with Gasteiger partial charge in [0.1, 0.15) is 12.1 Å². The number of carbonyl (C=O) groups excluding carboxylic acids is 1. The summed E-state index contributed by atoms with van der Waals surface area (Å²) < 4.78 is 33.3. The lowest BCUT2D eigenvalue weighted by Crippen LogP contribution is -2.34. The molecule has 0 fully saturated rings. The van der Waals surface area contributed by atoms with Crippen molar-refractivity contribution in [3.8, 4) is 0 Å². The van der Waals surface area contributed by atoms with E-state index in [1.165, 1.54) is 154 Å². The fourth-order valence-electron chi connectivity index (χ4n) is 6.25. The van der Waals surface area contributed by atoms with E-state index in [0.717, 1.165) is 38.5 Å². The average molecular weight is 764 g/mol. The highest BCUT2D eigenvalue weighted by Gasteiger charge is 2.27. The van der Waals surface area contributed by atoms with Crippen molar-refractivity contribution in [3.63, 3.8) is 0 Å². The summed E-state index contributed by atoms with van der Waals surface area (Å²) in [7, 11) is -4.60. The highest BCUT2D eigenvalue weighted by Crippen LogP contribution is 2.43. The number of carboxylic acid groups (broad SMARTS) is 1. The maximum absolute atomic E-state index is 12.6. The summed E-state index contributed by atoms with van der Waals surface area (Å²) in [5.41, 5.74) is 5.35. The monoisotopic (exact) mass is 764 g/mol. The van der Waals surface area contributed by atoms with E-state index < -0.39 is 45.1 Å². The van der Waals surface area contributed by atoms with E-state index in [4.69, 9.17) is 29.4 Å². The molecule has 0 aliphatic heterocycles. The zero-order valence-electron chi connectivity index (χ0n) is 33.7. The van der Waals surface area contributed by atoms with E-state index in [1.807, 2.05) is 0 Å². The zero-order valence-corrected chi connectivity index (χ0v) is 34.6. The molecule has 0 heterocycles. The van der Waals surface area contributed by atoms with Crippen molar-refractivity contribution in [1.82, 2.24) is 0 Å². The number of unbranched alkanes of at least 4 members (excludes halogenated alkanes) is 28. The molecule has 0 amide bonds. The summed E-state index contributed by atoms with van der Waals surface area (Å²) in [6, 6.07) is -1.47. The highest BCUT2D eigenvalue weighted by molar-refractivity contribution is 7.47. The van der Waals surface area contributed by atoms with Crippen LogP contribution >= 0.6 is 7.82 Å². The molecule has 0 saturated carbocycles. The molecule has 52 heavy (non-hydrogen) atoms. The van der Waals surface area contributed by atoms with E-state index in [9.17, 15) is 19.0 Å². The largest absolute Gasteiger partial charge is 0.480 e. The normalized spacial score (nSPS) is 13.9. The van der Waals surface area contributed by atoms with Crippen molar-refractivity contribution in [1.29, 1.82) is 0 Å². The third kappa shape index (κ3) is 37.3. The van der Waals surface area contributed by atoms with Crippen LogP contribution in [-0.2, 0) is 32.7 Å². The standard InChI is InChI=1S/C41H82NO9P/c1-3-5-7-9-11-13-15-17-19-20-22-24-26-28-30-32-34-48-35-38(36-49-52(46,47)50-37-39(42)41(44)45)51-40(43)33-31-29-27-25-23-21-18-16-14-12-10-8-6-4-2/h38-39H,3-37,42H2,1-2H3,(H,44,45)(H,46,47). The van der Waals surface area contributed by atoms with E-state index in [1.54, 1.807) is 0 Å². The van der Waals surface area contributed by atoms with Gasteiger partial charge in [-0.1, -0.05) is 194 Å². The summed E-state index contributed by atoms with van der Waals surface area (Å²) >= 11 is 0. The second-order valence-corrected chi connectivity index (χ2v) is 16.3. The van der Waals surface area contributed by atoms with Crippen LogP contribution in [0.4, 0.5) is 0 Å². The third-order valence-electron chi connectivity index (χ3n) is 9.64. The molecule has 11 heteroatoms. The minimum Gasteiger partial charge on any atom is -0.480 e. The molecule has 0 aliphatic rings. The summed E-state index contributed by atoms with van der Waals surface area (Å²) in [5, 5.41) is 8.88. The molecular weight excluding hydrogens is 681 g/mol. The predicted molar refractivity (Wildman–Crippen MR) is 213 cm³/mol. The van der Waals surface area contributed by atoms with E-state index in [-0.39, 0.29) is 13.0 Å². The van der Waals surface area contributed by atoms with Crippen molar-refractivity contribution in [2.75, 3.05) is 26.4 Å². The molecule has 0 saturated heterocycles. The topological polar surface area (TPSA) is 155 Å². The molecule has 3 atom stereocenters. The molecule has 0 bridgehead atoms. The minimum atomic E-state index is -4.60. The van der Waals surface area contributed by atoms with Crippen LogP contribution in [0.2, 0.25) is 0 Å².